The van der Waals surface area contributed by atoms with E-state index in [9.17, 15) is 9.59 Å². The van der Waals surface area contributed by atoms with Crippen LogP contribution in [0.1, 0.15) is 5.76 Å². The van der Waals surface area contributed by atoms with Crippen molar-refractivity contribution in [1.29, 1.82) is 0 Å². The van der Waals surface area contributed by atoms with Crippen LogP contribution in [0.3, 0.4) is 0 Å². The number of carbonyl (C=O) groups is 1. The van der Waals surface area contributed by atoms with Crippen LogP contribution in [-0.4, -0.2) is 48.6 Å². The van der Waals surface area contributed by atoms with Crippen LogP contribution in [-0.2, 0) is 4.79 Å². The largest absolute Gasteiger partial charge is 0.477 e. The van der Waals surface area contributed by atoms with Crippen LogP contribution < -0.4 is 15.1 Å². The zero-order chi connectivity index (χ0) is 16.9. The molecule has 2 aromatic heterocycles. The molecule has 2 aromatic rings. The monoisotopic (exact) mass is 329 g/mol. The lowest BCUT2D eigenvalue weighted by Crippen LogP contribution is -2.50. The van der Waals surface area contributed by atoms with E-state index in [4.69, 9.17) is 9.15 Å². The molecule has 0 aromatic carbocycles. The number of carbonyl (C=O) groups excluding carboxylic acids is 1. The first-order valence-electron chi connectivity index (χ1n) is 7.79. The summed E-state index contributed by atoms with van der Waals surface area (Å²) >= 11 is 0. The van der Waals surface area contributed by atoms with Gasteiger partial charge in [-0.2, -0.15) is 0 Å². The molecular formula is C17H19N3O4. The van der Waals surface area contributed by atoms with Gasteiger partial charge < -0.3 is 19.0 Å². The second kappa shape index (κ2) is 7.16. The molecule has 0 unspecified atom stereocenters. The molecule has 0 bridgehead atoms. The Morgan fingerprint density at radius 3 is 2.75 bits per heavy atom. The average molecular weight is 329 g/mol. The summed E-state index contributed by atoms with van der Waals surface area (Å²) in [6.45, 7) is 4.14. The zero-order valence-electron chi connectivity index (χ0n) is 13.5. The summed E-state index contributed by atoms with van der Waals surface area (Å²) in [6, 6.07) is 7.12. The number of piperazine rings is 1. The molecule has 1 aliphatic rings. The molecule has 1 aliphatic heterocycles. The van der Waals surface area contributed by atoms with E-state index in [1.54, 1.807) is 18.0 Å². The summed E-state index contributed by atoms with van der Waals surface area (Å²) in [5, 5.41) is 0. The standard InChI is InChI=1S/C17H19N3O4/c1-13-10-14(21)15(11-23-13)24-12-17(22)20-8-6-19(7-9-20)16-4-2-3-5-18-16/h2-5,10-11H,6-9,12H2,1H3. The highest BCUT2D eigenvalue weighted by Crippen LogP contribution is 2.13. The van der Waals surface area contributed by atoms with Crippen LogP contribution in [0.15, 0.2) is 45.9 Å². The minimum atomic E-state index is -0.286. The number of aryl methyl sites for hydroxylation is 1. The Bertz CT molecular complexity index is 752. The van der Waals surface area contributed by atoms with Crippen LogP contribution in [0.4, 0.5) is 5.82 Å². The average Bonchev–Trinajstić information content (AvgIpc) is 2.62. The molecule has 7 nitrogen and oxygen atoms in total. The van der Waals surface area contributed by atoms with Crippen LogP contribution in [0, 0.1) is 6.92 Å². The lowest BCUT2D eigenvalue weighted by molar-refractivity contribution is -0.133. The number of hydrogen-bond donors (Lipinski definition) is 0. The second-order valence-electron chi connectivity index (χ2n) is 5.56. The van der Waals surface area contributed by atoms with Crippen molar-refractivity contribution in [1.82, 2.24) is 9.88 Å². The lowest BCUT2D eigenvalue weighted by atomic mass is 10.3. The number of rotatable bonds is 4. The smallest absolute Gasteiger partial charge is 0.260 e. The Balaban J connectivity index is 1.51. The summed E-state index contributed by atoms with van der Waals surface area (Å²) in [5.41, 5.74) is -0.286. The third-order valence-electron chi connectivity index (χ3n) is 3.89. The van der Waals surface area contributed by atoms with E-state index in [0.717, 1.165) is 18.9 Å². The van der Waals surface area contributed by atoms with Crippen molar-refractivity contribution in [3.05, 3.63) is 52.7 Å². The van der Waals surface area contributed by atoms with Gasteiger partial charge in [0.25, 0.3) is 5.91 Å². The summed E-state index contributed by atoms with van der Waals surface area (Å²) in [5.74, 6) is 1.33. The zero-order valence-corrected chi connectivity index (χ0v) is 13.5. The van der Waals surface area contributed by atoms with E-state index in [2.05, 4.69) is 9.88 Å². The van der Waals surface area contributed by atoms with E-state index in [0.29, 0.717) is 18.8 Å². The molecule has 1 amide bonds. The summed E-state index contributed by atoms with van der Waals surface area (Å²) in [4.78, 5) is 32.1. The Hall–Kier alpha value is -2.83. The molecule has 0 spiro atoms. The molecule has 0 saturated carbocycles. The van der Waals surface area contributed by atoms with Crippen LogP contribution in [0.25, 0.3) is 0 Å². The molecule has 24 heavy (non-hydrogen) atoms. The van der Waals surface area contributed by atoms with Crippen molar-refractivity contribution >= 4 is 11.7 Å². The van der Waals surface area contributed by atoms with Crippen molar-refractivity contribution in [2.45, 2.75) is 6.92 Å². The fourth-order valence-electron chi connectivity index (χ4n) is 2.56. The topological polar surface area (TPSA) is 75.9 Å². The predicted molar refractivity (Wildman–Crippen MR) is 88.2 cm³/mol. The maximum Gasteiger partial charge on any atom is 0.260 e. The van der Waals surface area contributed by atoms with E-state index in [-0.39, 0.29) is 23.7 Å². The van der Waals surface area contributed by atoms with Gasteiger partial charge in [0, 0.05) is 38.4 Å². The fourth-order valence-corrected chi connectivity index (χ4v) is 2.56. The first-order valence-corrected chi connectivity index (χ1v) is 7.79. The van der Waals surface area contributed by atoms with Gasteiger partial charge in [-0.3, -0.25) is 9.59 Å². The molecule has 0 atom stereocenters. The first-order chi connectivity index (χ1) is 11.6. The minimum absolute atomic E-state index is 0.0565. The number of aromatic nitrogens is 1. The Morgan fingerprint density at radius 2 is 2.08 bits per heavy atom. The molecule has 3 heterocycles. The Morgan fingerprint density at radius 1 is 1.29 bits per heavy atom. The third kappa shape index (κ3) is 3.73. The number of anilines is 1. The van der Waals surface area contributed by atoms with Crippen molar-refractivity contribution in [2.24, 2.45) is 0 Å². The maximum absolute atomic E-state index is 12.2. The van der Waals surface area contributed by atoms with Gasteiger partial charge in [-0.05, 0) is 19.1 Å². The quantitative estimate of drug-likeness (QED) is 0.835. The highest BCUT2D eigenvalue weighted by atomic mass is 16.5. The number of ether oxygens (including phenoxy) is 1. The fraction of sp³-hybridized carbons (Fsp3) is 0.353. The van der Waals surface area contributed by atoms with Gasteiger partial charge in [-0.25, -0.2) is 4.98 Å². The maximum atomic E-state index is 12.2. The van der Waals surface area contributed by atoms with Crippen LogP contribution in [0.5, 0.6) is 5.75 Å². The van der Waals surface area contributed by atoms with E-state index in [1.807, 2.05) is 18.2 Å². The predicted octanol–water partition coefficient (Wildman–Crippen LogP) is 1.07. The number of hydrogen-bond acceptors (Lipinski definition) is 6. The highest BCUT2D eigenvalue weighted by molar-refractivity contribution is 5.78. The van der Waals surface area contributed by atoms with Crippen molar-refractivity contribution in [2.75, 3.05) is 37.7 Å². The van der Waals surface area contributed by atoms with Gasteiger partial charge in [0.15, 0.2) is 6.61 Å². The molecule has 3 rings (SSSR count). The molecular weight excluding hydrogens is 310 g/mol. The summed E-state index contributed by atoms with van der Waals surface area (Å²) in [7, 11) is 0. The summed E-state index contributed by atoms with van der Waals surface area (Å²) in [6.07, 6.45) is 3.00. The van der Waals surface area contributed by atoms with Gasteiger partial charge in [0.2, 0.25) is 11.2 Å². The molecule has 126 valence electrons. The van der Waals surface area contributed by atoms with E-state index in [1.165, 1.54) is 12.3 Å². The molecule has 0 aliphatic carbocycles. The Kier molecular flexibility index (Phi) is 4.79. The van der Waals surface area contributed by atoms with E-state index < -0.39 is 0 Å². The third-order valence-corrected chi connectivity index (χ3v) is 3.89. The van der Waals surface area contributed by atoms with E-state index >= 15 is 0 Å². The van der Waals surface area contributed by atoms with Gasteiger partial charge >= 0.3 is 0 Å². The minimum Gasteiger partial charge on any atom is -0.477 e. The van der Waals surface area contributed by atoms with Gasteiger partial charge in [-0.15, -0.1) is 0 Å². The van der Waals surface area contributed by atoms with Crippen molar-refractivity contribution < 1.29 is 13.9 Å². The van der Waals surface area contributed by atoms with Crippen molar-refractivity contribution in [3.8, 4) is 5.75 Å². The highest BCUT2D eigenvalue weighted by Gasteiger charge is 2.22. The lowest BCUT2D eigenvalue weighted by Gasteiger charge is -2.35. The number of nitrogens with zero attached hydrogens (tertiary/aromatic N) is 3. The molecule has 0 radical (unpaired) electrons. The Labute approximate surface area is 139 Å². The second-order valence-corrected chi connectivity index (χ2v) is 5.56. The van der Waals surface area contributed by atoms with Crippen molar-refractivity contribution in [3.63, 3.8) is 0 Å². The first kappa shape index (κ1) is 16.0. The van der Waals surface area contributed by atoms with Crippen LogP contribution in [0.2, 0.25) is 0 Å². The molecule has 7 heteroatoms. The van der Waals surface area contributed by atoms with Gasteiger partial charge in [0.1, 0.15) is 17.8 Å². The van der Waals surface area contributed by atoms with Gasteiger partial charge in [0.05, 0.1) is 0 Å². The molecule has 1 fully saturated rings. The van der Waals surface area contributed by atoms with Gasteiger partial charge in [-0.1, -0.05) is 6.07 Å². The normalized spacial score (nSPS) is 14.5. The SMILES string of the molecule is Cc1cc(=O)c(OCC(=O)N2CCN(c3ccccn3)CC2)co1. The number of pyridine rings is 1. The molecule has 1 saturated heterocycles. The number of amides is 1. The molecule has 0 N–H and O–H groups in total. The summed E-state index contributed by atoms with van der Waals surface area (Å²) < 4.78 is 10.4. The van der Waals surface area contributed by atoms with Crippen LogP contribution >= 0.6 is 0 Å².